The largest absolute Gasteiger partial charge is 0.497 e. The second kappa shape index (κ2) is 9.52. The molecule has 0 saturated carbocycles. The summed E-state index contributed by atoms with van der Waals surface area (Å²) in [6, 6.07) is 5.95. The van der Waals surface area contributed by atoms with Gasteiger partial charge in [-0.3, -0.25) is 9.52 Å². The van der Waals surface area contributed by atoms with Crippen LogP contribution in [0.5, 0.6) is 5.75 Å². The molecule has 1 aliphatic heterocycles. The molecule has 31 heavy (non-hydrogen) atoms. The number of benzene rings is 1. The molecular formula is C19H24N4O6S2. The predicted octanol–water partition coefficient (Wildman–Crippen LogP) is 2.18. The number of ether oxygens (including phenoxy) is 2. The van der Waals surface area contributed by atoms with Crippen molar-refractivity contribution in [2.75, 3.05) is 44.6 Å². The molecule has 0 unspecified atom stereocenters. The van der Waals surface area contributed by atoms with Crippen molar-refractivity contribution in [1.29, 1.82) is 0 Å². The number of nitrogens with one attached hydrogen (secondary N) is 1. The zero-order valence-electron chi connectivity index (χ0n) is 17.5. The molecule has 0 atom stereocenters. The molecule has 1 aliphatic rings. The fourth-order valence-electron chi connectivity index (χ4n) is 3.02. The fraction of sp³-hybridized carbons (Fsp3) is 0.421. The summed E-state index contributed by atoms with van der Waals surface area (Å²) in [5, 5.41) is 0.113. The van der Waals surface area contributed by atoms with Gasteiger partial charge < -0.3 is 19.3 Å². The maximum Gasteiger partial charge on any atom is 0.409 e. The Labute approximate surface area is 184 Å². The van der Waals surface area contributed by atoms with E-state index in [1.807, 2.05) is 0 Å². The fourth-order valence-corrected chi connectivity index (χ4v) is 5.19. The Bertz CT molecular complexity index is 1040. The van der Waals surface area contributed by atoms with Gasteiger partial charge >= 0.3 is 6.09 Å². The van der Waals surface area contributed by atoms with E-state index in [9.17, 15) is 18.0 Å². The van der Waals surface area contributed by atoms with Crippen LogP contribution < -0.4 is 9.46 Å². The molecule has 0 spiro atoms. The second-order valence-electron chi connectivity index (χ2n) is 6.69. The minimum absolute atomic E-state index is 0.0594. The van der Waals surface area contributed by atoms with Crippen LogP contribution >= 0.6 is 11.3 Å². The SMILES string of the molecule is CCOC(=O)N1CCN(C(=O)c2sc(NS(=O)(=O)c3ccc(OC)cc3)nc2C)CC1. The highest BCUT2D eigenvalue weighted by Gasteiger charge is 2.28. The van der Waals surface area contributed by atoms with E-state index in [4.69, 9.17) is 9.47 Å². The van der Waals surface area contributed by atoms with Crippen LogP contribution in [-0.4, -0.2) is 75.1 Å². The average Bonchev–Trinajstić information content (AvgIpc) is 3.12. The van der Waals surface area contributed by atoms with Crippen LogP contribution in [0.25, 0.3) is 0 Å². The number of amides is 2. The first-order valence-corrected chi connectivity index (χ1v) is 11.9. The van der Waals surface area contributed by atoms with Gasteiger partial charge in [-0.1, -0.05) is 11.3 Å². The summed E-state index contributed by atoms with van der Waals surface area (Å²) < 4.78 is 37.7. The van der Waals surface area contributed by atoms with Crippen molar-refractivity contribution in [3.63, 3.8) is 0 Å². The monoisotopic (exact) mass is 468 g/mol. The van der Waals surface area contributed by atoms with E-state index in [1.54, 1.807) is 35.8 Å². The van der Waals surface area contributed by atoms with Crippen LogP contribution in [0.3, 0.4) is 0 Å². The van der Waals surface area contributed by atoms with Crippen molar-refractivity contribution in [2.24, 2.45) is 0 Å². The lowest BCUT2D eigenvalue weighted by atomic mass is 10.3. The highest BCUT2D eigenvalue weighted by atomic mass is 32.2. The molecule has 1 aromatic carbocycles. The molecule has 1 N–H and O–H groups in total. The predicted molar refractivity (Wildman–Crippen MR) is 115 cm³/mol. The highest BCUT2D eigenvalue weighted by molar-refractivity contribution is 7.93. The number of thiazole rings is 1. The molecule has 10 nitrogen and oxygen atoms in total. The van der Waals surface area contributed by atoms with E-state index < -0.39 is 16.1 Å². The quantitative estimate of drug-likeness (QED) is 0.690. The molecule has 2 heterocycles. The second-order valence-corrected chi connectivity index (χ2v) is 9.37. The number of carbonyl (C=O) groups excluding carboxylic acids is 2. The third-order valence-corrected chi connectivity index (χ3v) is 7.22. The van der Waals surface area contributed by atoms with Gasteiger partial charge in [-0.25, -0.2) is 18.2 Å². The van der Waals surface area contributed by atoms with Gasteiger partial charge in [0, 0.05) is 26.2 Å². The summed E-state index contributed by atoms with van der Waals surface area (Å²) in [5.41, 5.74) is 0.440. The van der Waals surface area contributed by atoms with Gasteiger partial charge in [-0.2, -0.15) is 0 Å². The van der Waals surface area contributed by atoms with Gasteiger partial charge in [-0.15, -0.1) is 0 Å². The highest BCUT2D eigenvalue weighted by Crippen LogP contribution is 2.27. The topological polar surface area (TPSA) is 118 Å². The lowest BCUT2D eigenvalue weighted by molar-refractivity contribution is 0.0573. The van der Waals surface area contributed by atoms with Crippen LogP contribution in [0.4, 0.5) is 9.93 Å². The van der Waals surface area contributed by atoms with Crippen molar-refractivity contribution in [2.45, 2.75) is 18.7 Å². The van der Waals surface area contributed by atoms with E-state index in [1.165, 1.54) is 19.2 Å². The van der Waals surface area contributed by atoms with Gasteiger partial charge in [0.2, 0.25) is 0 Å². The minimum Gasteiger partial charge on any atom is -0.497 e. The third-order valence-electron chi connectivity index (χ3n) is 4.68. The number of carbonyl (C=O) groups is 2. The molecule has 1 saturated heterocycles. The Morgan fingerprint density at radius 1 is 1.13 bits per heavy atom. The number of aryl methyl sites for hydroxylation is 1. The van der Waals surface area contributed by atoms with Crippen LogP contribution in [0.2, 0.25) is 0 Å². The van der Waals surface area contributed by atoms with Crippen molar-refractivity contribution in [1.82, 2.24) is 14.8 Å². The van der Waals surface area contributed by atoms with E-state index in [-0.39, 0.29) is 15.9 Å². The minimum atomic E-state index is -3.86. The standard InChI is InChI=1S/C19H24N4O6S2/c1-4-29-19(25)23-11-9-22(10-12-23)17(24)16-13(2)20-18(30-16)21-31(26,27)15-7-5-14(28-3)6-8-15/h5-8H,4,9-12H2,1-3H3,(H,20,21). The number of hydrogen-bond donors (Lipinski definition) is 1. The van der Waals surface area contributed by atoms with E-state index in [2.05, 4.69) is 9.71 Å². The Hall–Kier alpha value is -2.86. The van der Waals surface area contributed by atoms with Gasteiger partial charge in [0.1, 0.15) is 10.6 Å². The normalized spacial score (nSPS) is 14.3. The van der Waals surface area contributed by atoms with Gasteiger partial charge in [0.05, 0.1) is 24.3 Å². The molecule has 168 valence electrons. The molecule has 12 heteroatoms. The zero-order chi connectivity index (χ0) is 22.6. The smallest absolute Gasteiger partial charge is 0.409 e. The lowest BCUT2D eigenvalue weighted by Gasteiger charge is -2.33. The summed E-state index contributed by atoms with van der Waals surface area (Å²) >= 11 is 0.983. The molecular weight excluding hydrogens is 444 g/mol. The molecule has 1 aromatic heterocycles. The van der Waals surface area contributed by atoms with Gasteiger partial charge in [0.25, 0.3) is 15.9 Å². The van der Waals surface area contributed by atoms with Gasteiger partial charge in [0.15, 0.2) is 5.13 Å². The van der Waals surface area contributed by atoms with E-state index in [0.717, 1.165) is 11.3 Å². The van der Waals surface area contributed by atoms with E-state index in [0.29, 0.717) is 49.1 Å². The maximum absolute atomic E-state index is 12.9. The zero-order valence-corrected chi connectivity index (χ0v) is 19.1. The van der Waals surface area contributed by atoms with Crippen LogP contribution in [0.15, 0.2) is 29.2 Å². The molecule has 1 fully saturated rings. The Balaban J connectivity index is 1.67. The number of nitrogens with zero attached hydrogens (tertiary/aromatic N) is 3. The number of anilines is 1. The number of piperazine rings is 1. The molecule has 0 radical (unpaired) electrons. The van der Waals surface area contributed by atoms with Crippen molar-refractivity contribution >= 4 is 38.5 Å². The maximum atomic E-state index is 12.9. The van der Waals surface area contributed by atoms with Crippen molar-refractivity contribution in [3.8, 4) is 5.75 Å². The lowest BCUT2D eigenvalue weighted by Crippen LogP contribution is -2.50. The first-order chi connectivity index (χ1) is 14.7. The van der Waals surface area contributed by atoms with Crippen LogP contribution in [-0.2, 0) is 14.8 Å². The third kappa shape index (κ3) is 5.25. The summed E-state index contributed by atoms with van der Waals surface area (Å²) in [5.74, 6) is 0.299. The molecule has 2 amide bonds. The van der Waals surface area contributed by atoms with Crippen molar-refractivity contribution in [3.05, 3.63) is 34.8 Å². The summed E-state index contributed by atoms with van der Waals surface area (Å²) in [6.07, 6.45) is -0.390. The van der Waals surface area contributed by atoms with Gasteiger partial charge in [-0.05, 0) is 38.1 Å². The first kappa shape index (κ1) is 22.8. The number of aromatic nitrogens is 1. The number of sulfonamides is 1. The number of methoxy groups -OCH3 is 1. The summed E-state index contributed by atoms with van der Waals surface area (Å²) in [6.45, 7) is 5.17. The van der Waals surface area contributed by atoms with E-state index >= 15 is 0 Å². The van der Waals surface area contributed by atoms with Crippen LogP contribution in [0.1, 0.15) is 22.3 Å². The average molecular weight is 469 g/mol. The molecule has 0 bridgehead atoms. The molecule has 3 rings (SSSR count). The Morgan fingerprint density at radius 2 is 1.74 bits per heavy atom. The number of hydrogen-bond acceptors (Lipinski definition) is 8. The van der Waals surface area contributed by atoms with Crippen molar-refractivity contribution < 1.29 is 27.5 Å². The Kier molecular flexibility index (Phi) is 7.01. The molecule has 0 aliphatic carbocycles. The first-order valence-electron chi connectivity index (χ1n) is 9.60. The Morgan fingerprint density at radius 3 is 2.32 bits per heavy atom. The summed E-state index contributed by atoms with van der Waals surface area (Å²) in [4.78, 5) is 32.5. The van der Waals surface area contributed by atoms with Crippen LogP contribution in [0, 0.1) is 6.92 Å². The number of rotatable bonds is 6. The molecule has 2 aromatic rings. The summed E-state index contributed by atoms with van der Waals surface area (Å²) in [7, 11) is -2.36.